The van der Waals surface area contributed by atoms with Crippen molar-refractivity contribution in [2.24, 2.45) is 11.7 Å². The molecule has 0 heterocycles. The first-order valence-corrected chi connectivity index (χ1v) is 15.7. The zero-order chi connectivity index (χ0) is 39.0. The Hall–Kier alpha value is -5.16. The van der Waals surface area contributed by atoms with Gasteiger partial charge in [0.2, 0.25) is 11.8 Å². The molecule has 0 aromatic heterocycles. The largest absolute Gasteiger partial charge is 0.497 e. The molecular formula is C34H33ClF6N4O7. The van der Waals surface area contributed by atoms with Gasteiger partial charge in [0.15, 0.2) is 6.04 Å². The number of nitrogens with zero attached hydrogens (tertiary/aromatic N) is 1. The van der Waals surface area contributed by atoms with Crippen LogP contribution in [-0.2, 0) is 37.0 Å². The van der Waals surface area contributed by atoms with Crippen LogP contribution in [0.5, 0.6) is 5.75 Å². The lowest BCUT2D eigenvalue weighted by atomic mass is 9.97. The van der Waals surface area contributed by atoms with E-state index in [4.69, 9.17) is 22.1 Å². The maximum Gasteiger partial charge on any atom is 0.493 e. The molecule has 3 aromatic carbocycles. The van der Waals surface area contributed by atoms with Crippen LogP contribution < -0.4 is 21.1 Å². The van der Waals surface area contributed by atoms with Gasteiger partial charge in [-0.2, -0.15) is 31.4 Å². The Kier molecular flexibility index (Phi) is 13.8. The van der Waals surface area contributed by atoms with Gasteiger partial charge in [-0.05, 0) is 59.0 Å². The maximum absolute atomic E-state index is 14.2. The lowest BCUT2D eigenvalue weighted by Gasteiger charge is -2.31. The van der Waals surface area contributed by atoms with E-state index < -0.39 is 72.3 Å². The Bertz CT molecular complexity index is 1750. The Morgan fingerprint density at radius 2 is 1.44 bits per heavy atom. The van der Waals surface area contributed by atoms with Crippen LogP contribution in [-0.4, -0.2) is 66.1 Å². The average molecular weight is 759 g/mol. The highest BCUT2D eigenvalue weighted by atomic mass is 35.5. The first kappa shape index (κ1) is 41.3. The van der Waals surface area contributed by atoms with Gasteiger partial charge in [0.25, 0.3) is 11.7 Å². The Balaban J connectivity index is 2.17. The lowest BCUT2D eigenvalue weighted by Crippen LogP contribution is -2.56. The van der Waals surface area contributed by atoms with Gasteiger partial charge >= 0.3 is 18.3 Å². The van der Waals surface area contributed by atoms with Crippen LogP contribution in [0.25, 0.3) is 0 Å². The molecule has 3 amide bonds. The number of halogens is 7. The summed E-state index contributed by atoms with van der Waals surface area (Å²) in [6.45, 7) is 2.49. The van der Waals surface area contributed by atoms with Crippen molar-refractivity contribution in [3.63, 3.8) is 0 Å². The van der Waals surface area contributed by atoms with Crippen molar-refractivity contribution in [2.45, 2.75) is 57.3 Å². The summed E-state index contributed by atoms with van der Waals surface area (Å²) >= 11 is 6.08. The molecule has 11 nitrogen and oxygen atoms in total. The predicted molar refractivity (Wildman–Crippen MR) is 173 cm³/mol. The molecule has 0 saturated carbocycles. The number of ketones is 1. The van der Waals surface area contributed by atoms with E-state index in [1.165, 1.54) is 81.6 Å². The molecule has 280 valence electrons. The Morgan fingerprint density at radius 1 is 0.827 bits per heavy atom. The highest BCUT2D eigenvalue weighted by Gasteiger charge is 2.47. The highest BCUT2D eigenvalue weighted by molar-refractivity contribution is 6.30. The maximum atomic E-state index is 14.2. The van der Waals surface area contributed by atoms with Gasteiger partial charge in [-0.1, -0.05) is 61.8 Å². The van der Waals surface area contributed by atoms with Crippen LogP contribution in [0.3, 0.4) is 0 Å². The SMILES string of the molecule is COc1ccc([C@H](NC(=O)[C@H](Cc2cccc(Cl)c2)N(OC(=O)C(F)(F)F)C(=O)c2ccc(CN)cc2)C(=O)N[C@H](C(=O)C(F)(F)F)C(C)C)cc1. The van der Waals surface area contributed by atoms with E-state index in [0.717, 1.165) is 12.1 Å². The second kappa shape index (κ2) is 17.4. The lowest BCUT2D eigenvalue weighted by molar-refractivity contribution is -0.233. The Labute approximate surface area is 298 Å². The van der Waals surface area contributed by atoms with Gasteiger partial charge in [0.1, 0.15) is 11.8 Å². The fourth-order valence-electron chi connectivity index (χ4n) is 4.75. The number of alkyl halides is 6. The molecule has 0 radical (unpaired) electrons. The Morgan fingerprint density at radius 3 is 1.94 bits per heavy atom. The number of methoxy groups -OCH3 is 1. The molecule has 0 aliphatic carbocycles. The van der Waals surface area contributed by atoms with E-state index in [0.29, 0.717) is 5.56 Å². The summed E-state index contributed by atoms with van der Waals surface area (Å²) < 4.78 is 86.0. The number of rotatable bonds is 13. The van der Waals surface area contributed by atoms with Gasteiger partial charge in [0, 0.05) is 23.6 Å². The third-order valence-corrected chi connectivity index (χ3v) is 7.71. The quantitative estimate of drug-likeness (QED) is 0.162. The molecule has 52 heavy (non-hydrogen) atoms. The second-order valence-electron chi connectivity index (χ2n) is 11.6. The minimum Gasteiger partial charge on any atom is -0.497 e. The van der Waals surface area contributed by atoms with Gasteiger partial charge < -0.3 is 25.9 Å². The number of nitrogens with two attached hydrogens (primary N) is 1. The smallest absolute Gasteiger partial charge is 0.493 e. The van der Waals surface area contributed by atoms with E-state index in [-0.39, 0.29) is 39.1 Å². The van der Waals surface area contributed by atoms with Gasteiger partial charge in [0.05, 0.1) is 13.2 Å². The van der Waals surface area contributed by atoms with Gasteiger partial charge in [-0.3, -0.25) is 19.2 Å². The fourth-order valence-corrected chi connectivity index (χ4v) is 4.96. The van der Waals surface area contributed by atoms with Crippen molar-refractivity contribution < 1.29 is 59.9 Å². The summed E-state index contributed by atoms with van der Waals surface area (Å²) in [5.41, 5.74) is 5.82. The topological polar surface area (TPSA) is 157 Å². The summed E-state index contributed by atoms with van der Waals surface area (Å²) in [5, 5.41) is 4.24. The number of hydroxylamine groups is 2. The van der Waals surface area contributed by atoms with E-state index >= 15 is 0 Å². The molecule has 0 spiro atoms. The third-order valence-electron chi connectivity index (χ3n) is 7.48. The fraction of sp³-hybridized carbons (Fsp3) is 0.324. The van der Waals surface area contributed by atoms with Crippen molar-refractivity contribution in [1.29, 1.82) is 0 Å². The van der Waals surface area contributed by atoms with E-state index in [1.54, 1.807) is 0 Å². The number of ether oxygens (including phenoxy) is 1. The number of Topliss-reactive ketones (excluding diaryl/α,β-unsaturated/α-hetero) is 1. The molecular weight excluding hydrogens is 726 g/mol. The molecule has 0 saturated heterocycles. The van der Waals surface area contributed by atoms with Crippen molar-refractivity contribution in [3.05, 3.63) is 100 Å². The van der Waals surface area contributed by atoms with E-state index in [1.807, 2.05) is 5.32 Å². The standard InChI is InChI=1S/C34H33ClF6N4O7/c1-18(2)26(28(46)33(36,37)38)43-30(48)27(21-11-13-24(51-3)14-12-21)44-29(47)25(16-20-5-4-6-23(35)15-20)45(52-32(50)34(39,40)41)31(49)22-9-7-19(17-42)8-10-22/h4-15,18,25-27H,16-17,42H2,1-3H3,(H,43,48)(H,44,47)/t25-,26-,27-/m0/s1. The molecule has 0 fully saturated rings. The van der Waals surface area contributed by atoms with Gasteiger partial charge in [-0.25, -0.2) is 4.79 Å². The van der Waals surface area contributed by atoms with Crippen LogP contribution in [0.15, 0.2) is 72.8 Å². The third kappa shape index (κ3) is 10.9. The van der Waals surface area contributed by atoms with Crippen LogP contribution in [0, 0.1) is 5.92 Å². The molecule has 4 N–H and O–H groups in total. The summed E-state index contributed by atoms with van der Waals surface area (Å²) in [6.07, 6.45) is -11.7. The second-order valence-corrected chi connectivity index (χ2v) is 12.0. The summed E-state index contributed by atoms with van der Waals surface area (Å²) in [4.78, 5) is 70.6. The van der Waals surface area contributed by atoms with E-state index in [2.05, 4.69) is 10.2 Å². The molecule has 3 rings (SSSR count). The van der Waals surface area contributed by atoms with Crippen LogP contribution in [0.2, 0.25) is 5.02 Å². The van der Waals surface area contributed by atoms with Crippen molar-refractivity contribution in [1.82, 2.24) is 15.7 Å². The number of hydrogen-bond acceptors (Lipinski definition) is 8. The zero-order valence-electron chi connectivity index (χ0n) is 27.7. The van der Waals surface area contributed by atoms with Gasteiger partial charge in [-0.15, -0.1) is 0 Å². The number of benzene rings is 3. The molecule has 0 bridgehead atoms. The van der Waals surface area contributed by atoms with Crippen molar-refractivity contribution >= 4 is 41.1 Å². The minimum atomic E-state index is -5.65. The average Bonchev–Trinajstić information content (AvgIpc) is 3.09. The molecule has 0 aliphatic rings. The predicted octanol–water partition coefficient (Wildman–Crippen LogP) is 5.01. The number of nitrogens with one attached hydrogen (secondary N) is 2. The molecule has 0 aliphatic heterocycles. The number of carbonyl (C=O) groups excluding carboxylic acids is 5. The molecule has 18 heteroatoms. The summed E-state index contributed by atoms with van der Waals surface area (Å²) in [6, 6.07) is 9.52. The zero-order valence-corrected chi connectivity index (χ0v) is 28.4. The van der Waals surface area contributed by atoms with Crippen LogP contribution in [0.1, 0.15) is 46.9 Å². The molecule has 0 unspecified atom stereocenters. The number of carbonyl (C=O) groups is 5. The van der Waals surface area contributed by atoms with Crippen molar-refractivity contribution in [2.75, 3.05) is 7.11 Å². The molecule has 3 aromatic rings. The van der Waals surface area contributed by atoms with Crippen molar-refractivity contribution in [3.8, 4) is 5.75 Å². The van der Waals surface area contributed by atoms with E-state index in [9.17, 15) is 50.3 Å². The highest BCUT2D eigenvalue weighted by Crippen LogP contribution is 2.26. The number of hydrogen-bond donors (Lipinski definition) is 3. The first-order chi connectivity index (χ1) is 24.3. The summed E-state index contributed by atoms with van der Waals surface area (Å²) in [7, 11) is 1.31. The minimum absolute atomic E-state index is 0.0298. The van der Waals surface area contributed by atoms with Crippen LogP contribution >= 0.6 is 11.6 Å². The first-order valence-electron chi connectivity index (χ1n) is 15.3. The summed E-state index contributed by atoms with van der Waals surface area (Å²) in [5.74, 6) is -10.1. The number of amides is 3. The monoisotopic (exact) mass is 758 g/mol. The van der Waals surface area contributed by atoms with Crippen LogP contribution in [0.4, 0.5) is 26.3 Å². The normalized spacial score (nSPS) is 13.4. The molecule has 3 atom stereocenters.